The highest BCUT2D eigenvalue weighted by molar-refractivity contribution is 6.62. The van der Waals surface area contributed by atoms with Crippen LogP contribution >= 0.6 is 0 Å². The molecule has 7 heteroatoms. The summed E-state index contributed by atoms with van der Waals surface area (Å²) >= 11 is 0. The van der Waals surface area contributed by atoms with Gasteiger partial charge in [-0.15, -0.1) is 10.2 Å². The van der Waals surface area contributed by atoms with Crippen molar-refractivity contribution in [2.24, 2.45) is 0 Å². The first-order valence-electron chi connectivity index (χ1n) is 6.15. The number of aromatic nitrogens is 3. The molecule has 1 saturated heterocycles. The molecule has 2 aromatic rings. The highest BCUT2D eigenvalue weighted by Crippen LogP contribution is 2.36. The molecule has 19 heavy (non-hydrogen) atoms. The number of nitrogens with zero attached hydrogens (tertiary/aromatic N) is 3. The molecule has 0 saturated carbocycles. The third-order valence-corrected chi connectivity index (χ3v) is 3.89. The lowest BCUT2D eigenvalue weighted by Gasteiger charge is -2.32. The summed E-state index contributed by atoms with van der Waals surface area (Å²) in [5, 5.41) is 7.38. The number of hydrogen-bond donors (Lipinski definition) is 0. The van der Waals surface area contributed by atoms with Gasteiger partial charge in [0.1, 0.15) is 6.33 Å². The lowest BCUT2D eigenvalue weighted by molar-refractivity contribution is 0.00578. The molecule has 0 aliphatic carbocycles. The van der Waals surface area contributed by atoms with Crippen molar-refractivity contribution in [3.63, 3.8) is 0 Å². The Hall–Kier alpha value is -1.47. The third-order valence-electron chi connectivity index (χ3n) is 3.89. The normalized spacial score (nSPS) is 21.2. The van der Waals surface area contributed by atoms with Gasteiger partial charge in [-0.05, 0) is 33.8 Å². The van der Waals surface area contributed by atoms with Gasteiger partial charge in [-0.1, -0.05) is 0 Å². The van der Waals surface area contributed by atoms with E-state index in [4.69, 9.17) is 9.31 Å². The fourth-order valence-corrected chi connectivity index (χ4v) is 2.02. The fourth-order valence-electron chi connectivity index (χ4n) is 2.02. The van der Waals surface area contributed by atoms with E-state index in [0.717, 1.165) is 0 Å². The predicted octanol–water partition coefficient (Wildman–Crippen LogP) is 1.17. The Morgan fingerprint density at radius 3 is 2.47 bits per heavy atom. The number of pyridine rings is 1. The summed E-state index contributed by atoms with van der Waals surface area (Å²) in [6, 6.07) is 1.38. The summed E-state index contributed by atoms with van der Waals surface area (Å²) < 4.78 is 27.2. The van der Waals surface area contributed by atoms with E-state index < -0.39 is 24.1 Å². The van der Waals surface area contributed by atoms with Crippen molar-refractivity contribution in [2.45, 2.75) is 38.9 Å². The first kappa shape index (κ1) is 12.6. The third kappa shape index (κ3) is 1.84. The van der Waals surface area contributed by atoms with E-state index in [1.807, 2.05) is 27.7 Å². The zero-order valence-corrected chi connectivity index (χ0v) is 11.3. The van der Waals surface area contributed by atoms with Crippen molar-refractivity contribution in [3.8, 4) is 0 Å². The number of hydrogen-bond acceptors (Lipinski definition) is 4. The van der Waals surface area contributed by atoms with Crippen molar-refractivity contribution < 1.29 is 13.7 Å². The molecule has 0 radical (unpaired) electrons. The van der Waals surface area contributed by atoms with E-state index >= 15 is 0 Å². The molecule has 0 N–H and O–H groups in total. The van der Waals surface area contributed by atoms with Crippen LogP contribution in [-0.2, 0) is 9.31 Å². The van der Waals surface area contributed by atoms with E-state index in [2.05, 4.69) is 10.2 Å². The minimum Gasteiger partial charge on any atom is -0.399 e. The number of halogens is 1. The Morgan fingerprint density at radius 1 is 1.21 bits per heavy atom. The van der Waals surface area contributed by atoms with Crippen LogP contribution < -0.4 is 5.46 Å². The number of rotatable bonds is 1. The molecule has 3 heterocycles. The van der Waals surface area contributed by atoms with Gasteiger partial charge >= 0.3 is 7.12 Å². The van der Waals surface area contributed by atoms with E-state index in [1.54, 1.807) is 6.20 Å². The molecule has 1 fully saturated rings. The molecule has 100 valence electrons. The van der Waals surface area contributed by atoms with Gasteiger partial charge in [-0.25, -0.2) is 4.39 Å². The predicted molar refractivity (Wildman–Crippen MR) is 68.7 cm³/mol. The zero-order valence-electron chi connectivity index (χ0n) is 11.3. The maximum Gasteiger partial charge on any atom is 0.496 e. The summed E-state index contributed by atoms with van der Waals surface area (Å²) in [6.45, 7) is 7.84. The molecule has 0 amide bonds. The molecule has 0 bridgehead atoms. The lowest BCUT2D eigenvalue weighted by Crippen LogP contribution is -2.41. The smallest absolute Gasteiger partial charge is 0.399 e. The van der Waals surface area contributed by atoms with Gasteiger partial charge in [-0.3, -0.25) is 4.40 Å². The fraction of sp³-hybridized carbons (Fsp3) is 0.500. The molecule has 0 spiro atoms. The molecule has 0 aromatic carbocycles. The maximum atomic E-state index is 13.9. The van der Waals surface area contributed by atoms with Crippen molar-refractivity contribution in [1.29, 1.82) is 0 Å². The minimum absolute atomic E-state index is 0.195. The lowest BCUT2D eigenvalue weighted by atomic mass is 9.80. The summed E-state index contributed by atoms with van der Waals surface area (Å²) in [5.74, 6) is -0.440. The second kappa shape index (κ2) is 3.77. The van der Waals surface area contributed by atoms with Crippen LogP contribution in [0.4, 0.5) is 4.39 Å². The van der Waals surface area contributed by atoms with Crippen LogP contribution in [0.15, 0.2) is 18.6 Å². The molecule has 5 nitrogen and oxygen atoms in total. The standard InChI is InChI=1S/C12H15BFN3O2/c1-11(2)12(3,4)19-13(18-11)8-5-9(14)10-16-15-7-17(10)6-8/h5-7H,1-4H3. The van der Waals surface area contributed by atoms with Crippen molar-refractivity contribution >= 4 is 18.2 Å². The van der Waals surface area contributed by atoms with Crippen LogP contribution in [0.25, 0.3) is 5.65 Å². The Kier molecular flexibility index (Phi) is 2.49. The van der Waals surface area contributed by atoms with Crippen LogP contribution in [0.1, 0.15) is 27.7 Å². The Morgan fingerprint density at radius 2 is 1.84 bits per heavy atom. The van der Waals surface area contributed by atoms with E-state index in [9.17, 15) is 4.39 Å². The highest BCUT2D eigenvalue weighted by Gasteiger charge is 2.51. The molecule has 2 aromatic heterocycles. The van der Waals surface area contributed by atoms with Gasteiger partial charge in [0.25, 0.3) is 0 Å². The monoisotopic (exact) mass is 263 g/mol. The van der Waals surface area contributed by atoms with E-state index in [1.165, 1.54) is 16.8 Å². The quantitative estimate of drug-likeness (QED) is 0.724. The van der Waals surface area contributed by atoms with Crippen molar-refractivity contribution in [3.05, 3.63) is 24.4 Å². The van der Waals surface area contributed by atoms with Crippen molar-refractivity contribution in [1.82, 2.24) is 14.6 Å². The molecular weight excluding hydrogens is 248 g/mol. The highest BCUT2D eigenvalue weighted by atomic mass is 19.1. The average molecular weight is 263 g/mol. The van der Waals surface area contributed by atoms with Crippen LogP contribution in [-0.4, -0.2) is 32.9 Å². The topological polar surface area (TPSA) is 48.7 Å². The molecule has 3 rings (SSSR count). The molecular formula is C12H15BFN3O2. The summed E-state index contributed by atoms with van der Waals surface area (Å²) in [6.07, 6.45) is 3.17. The summed E-state index contributed by atoms with van der Waals surface area (Å²) in [5.41, 5.74) is -0.0873. The largest absolute Gasteiger partial charge is 0.496 e. The Bertz CT molecular complexity index is 625. The van der Waals surface area contributed by atoms with Gasteiger partial charge in [0.2, 0.25) is 0 Å². The van der Waals surface area contributed by atoms with Gasteiger partial charge < -0.3 is 9.31 Å². The first-order chi connectivity index (χ1) is 8.80. The van der Waals surface area contributed by atoms with Gasteiger partial charge in [0, 0.05) is 11.7 Å². The molecule has 1 aliphatic rings. The average Bonchev–Trinajstić information content (AvgIpc) is 2.82. The molecule has 1 aliphatic heterocycles. The Labute approximate surface area is 110 Å². The van der Waals surface area contributed by atoms with Crippen LogP contribution in [0, 0.1) is 5.82 Å². The Balaban J connectivity index is 2.02. The summed E-state index contributed by atoms with van der Waals surface area (Å²) in [4.78, 5) is 0. The number of fused-ring (bicyclic) bond motifs is 1. The van der Waals surface area contributed by atoms with Crippen LogP contribution in [0.3, 0.4) is 0 Å². The zero-order chi connectivity index (χ0) is 13.8. The van der Waals surface area contributed by atoms with Gasteiger partial charge in [-0.2, -0.15) is 0 Å². The first-order valence-corrected chi connectivity index (χ1v) is 6.15. The van der Waals surface area contributed by atoms with Gasteiger partial charge in [0.05, 0.1) is 11.2 Å². The maximum absolute atomic E-state index is 13.9. The summed E-state index contributed by atoms with van der Waals surface area (Å²) in [7, 11) is -0.591. The van der Waals surface area contributed by atoms with Gasteiger partial charge in [0.15, 0.2) is 11.5 Å². The van der Waals surface area contributed by atoms with Crippen molar-refractivity contribution in [2.75, 3.05) is 0 Å². The SMILES string of the molecule is CC1(C)OB(c2cc(F)c3nncn3c2)OC1(C)C. The van der Waals surface area contributed by atoms with Crippen LogP contribution in [0.2, 0.25) is 0 Å². The molecule has 0 atom stereocenters. The minimum atomic E-state index is -0.591. The van der Waals surface area contributed by atoms with E-state index in [0.29, 0.717) is 5.46 Å². The van der Waals surface area contributed by atoms with Crippen LogP contribution in [0.5, 0.6) is 0 Å². The second-order valence-electron chi connectivity index (χ2n) is 5.77. The molecule has 0 unspecified atom stereocenters. The second-order valence-corrected chi connectivity index (χ2v) is 5.77. The van der Waals surface area contributed by atoms with E-state index in [-0.39, 0.29) is 5.65 Å².